The number of aromatic nitrogens is 1. The lowest BCUT2D eigenvalue weighted by Gasteiger charge is -2.41. The molecule has 1 saturated heterocycles. The Morgan fingerprint density at radius 2 is 2.16 bits per heavy atom. The molecule has 0 radical (unpaired) electrons. The van der Waals surface area contributed by atoms with Crippen molar-refractivity contribution in [3.63, 3.8) is 0 Å². The van der Waals surface area contributed by atoms with Gasteiger partial charge in [-0.2, -0.15) is 0 Å². The Morgan fingerprint density at radius 3 is 3.11 bits per heavy atom. The number of nitrogens with zero attached hydrogens (tertiary/aromatic N) is 2. The Labute approximate surface area is 111 Å². The van der Waals surface area contributed by atoms with Crippen molar-refractivity contribution in [3.05, 3.63) is 30.5 Å². The third-order valence-electron chi connectivity index (χ3n) is 4.10. The van der Waals surface area contributed by atoms with Crippen LogP contribution in [0, 0.1) is 0 Å². The van der Waals surface area contributed by atoms with Crippen LogP contribution in [0.5, 0.6) is 0 Å². The molecule has 0 bridgehead atoms. The summed E-state index contributed by atoms with van der Waals surface area (Å²) in [5.41, 5.74) is 2.98. The zero-order chi connectivity index (χ0) is 12.8. The first-order valence-corrected chi connectivity index (χ1v) is 6.80. The number of fused-ring (bicyclic) bond motifs is 5. The van der Waals surface area contributed by atoms with E-state index in [1.807, 2.05) is 18.2 Å². The highest BCUT2D eigenvalue weighted by molar-refractivity contribution is 6.10. The predicted octanol–water partition coefficient (Wildman–Crippen LogP) is 2.55. The molecule has 4 rings (SSSR count). The molecule has 0 aliphatic carbocycles. The van der Waals surface area contributed by atoms with Gasteiger partial charge in [-0.25, -0.2) is 0 Å². The van der Waals surface area contributed by atoms with Crippen LogP contribution in [0.4, 0.5) is 11.4 Å². The van der Waals surface area contributed by atoms with Gasteiger partial charge < -0.3 is 10.2 Å². The average Bonchev–Trinajstić information content (AvgIpc) is 2.47. The molecule has 19 heavy (non-hydrogen) atoms. The summed E-state index contributed by atoms with van der Waals surface area (Å²) in [7, 11) is 0. The van der Waals surface area contributed by atoms with Gasteiger partial charge in [0, 0.05) is 11.9 Å². The summed E-state index contributed by atoms with van der Waals surface area (Å²) in [6.45, 7) is 0.957. The van der Waals surface area contributed by atoms with E-state index >= 15 is 0 Å². The van der Waals surface area contributed by atoms with Crippen molar-refractivity contribution >= 4 is 28.2 Å². The van der Waals surface area contributed by atoms with Crippen molar-refractivity contribution < 1.29 is 4.79 Å². The Bertz CT molecular complexity index is 667. The lowest BCUT2D eigenvalue weighted by molar-refractivity contribution is -0.118. The number of anilines is 2. The van der Waals surface area contributed by atoms with Gasteiger partial charge in [0.2, 0.25) is 5.91 Å². The van der Waals surface area contributed by atoms with Crippen LogP contribution in [0.2, 0.25) is 0 Å². The van der Waals surface area contributed by atoms with E-state index < -0.39 is 0 Å². The normalized spacial score (nSPS) is 21.8. The van der Waals surface area contributed by atoms with Crippen LogP contribution in [0.15, 0.2) is 30.5 Å². The maximum absolute atomic E-state index is 12.1. The average molecular weight is 253 g/mol. The first kappa shape index (κ1) is 10.8. The second-order valence-corrected chi connectivity index (χ2v) is 5.23. The zero-order valence-corrected chi connectivity index (χ0v) is 10.6. The van der Waals surface area contributed by atoms with Crippen LogP contribution >= 0.6 is 0 Å². The molecule has 1 unspecified atom stereocenters. The van der Waals surface area contributed by atoms with Gasteiger partial charge >= 0.3 is 0 Å². The fourth-order valence-corrected chi connectivity index (χ4v) is 3.22. The number of piperidine rings is 1. The number of nitrogens with one attached hydrogen (secondary N) is 1. The van der Waals surface area contributed by atoms with Gasteiger partial charge in [0.1, 0.15) is 6.04 Å². The van der Waals surface area contributed by atoms with Gasteiger partial charge in [-0.3, -0.25) is 9.78 Å². The van der Waals surface area contributed by atoms with E-state index in [2.05, 4.69) is 21.3 Å². The topological polar surface area (TPSA) is 45.2 Å². The molecule has 0 saturated carbocycles. The first-order chi connectivity index (χ1) is 9.34. The second-order valence-electron chi connectivity index (χ2n) is 5.23. The summed E-state index contributed by atoms with van der Waals surface area (Å²) < 4.78 is 0. The number of rotatable bonds is 0. The molecule has 0 spiro atoms. The van der Waals surface area contributed by atoms with E-state index in [0.29, 0.717) is 0 Å². The predicted molar refractivity (Wildman–Crippen MR) is 75.4 cm³/mol. The number of hydrogen-bond acceptors (Lipinski definition) is 3. The number of hydrogen-bond donors (Lipinski definition) is 1. The zero-order valence-electron chi connectivity index (χ0n) is 10.6. The molecular formula is C15H15N3O. The highest BCUT2D eigenvalue weighted by Gasteiger charge is 2.35. The van der Waals surface area contributed by atoms with E-state index in [-0.39, 0.29) is 11.9 Å². The molecule has 1 fully saturated rings. The monoisotopic (exact) mass is 253 g/mol. The van der Waals surface area contributed by atoms with Gasteiger partial charge in [-0.1, -0.05) is 18.2 Å². The molecule has 1 atom stereocenters. The standard InChI is InChI=1S/C15H15N3O/c19-15-13-7-3-4-8-18(13)14-10-5-1-2-6-11(10)16-9-12(14)17-15/h1-2,5-6,9,13H,3-4,7-8H2,(H,17,19). The smallest absolute Gasteiger partial charge is 0.247 e. The third-order valence-corrected chi connectivity index (χ3v) is 4.10. The Balaban J connectivity index is 1.98. The number of benzene rings is 1. The van der Waals surface area contributed by atoms with E-state index in [0.717, 1.165) is 48.1 Å². The fraction of sp³-hybridized carbons (Fsp3) is 0.333. The first-order valence-electron chi connectivity index (χ1n) is 6.80. The van der Waals surface area contributed by atoms with Crippen molar-refractivity contribution in [2.24, 2.45) is 0 Å². The summed E-state index contributed by atoms with van der Waals surface area (Å²) in [6.07, 6.45) is 5.01. The molecule has 4 nitrogen and oxygen atoms in total. The van der Waals surface area contributed by atoms with Crippen LogP contribution in [-0.2, 0) is 4.79 Å². The molecule has 4 heteroatoms. The fourth-order valence-electron chi connectivity index (χ4n) is 3.22. The lowest BCUT2D eigenvalue weighted by Crippen LogP contribution is -2.50. The van der Waals surface area contributed by atoms with Crippen LogP contribution in [0.3, 0.4) is 0 Å². The SMILES string of the molecule is O=C1Nc2cnc3ccccc3c2N2CCCCC12. The van der Waals surface area contributed by atoms with E-state index in [9.17, 15) is 4.79 Å². The minimum Gasteiger partial charge on any atom is -0.357 e. The summed E-state index contributed by atoms with van der Waals surface area (Å²) in [6, 6.07) is 8.12. The number of amides is 1. The maximum atomic E-state index is 12.1. The van der Waals surface area contributed by atoms with Crippen LogP contribution < -0.4 is 10.2 Å². The van der Waals surface area contributed by atoms with Crippen LogP contribution in [0.1, 0.15) is 19.3 Å². The van der Waals surface area contributed by atoms with Crippen molar-refractivity contribution in [3.8, 4) is 0 Å². The van der Waals surface area contributed by atoms with Gasteiger partial charge in [0.15, 0.2) is 0 Å². The molecule has 1 N–H and O–H groups in total. The molecule has 96 valence electrons. The van der Waals surface area contributed by atoms with Gasteiger partial charge in [0.25, 0.3) is 0 Å². The van der Waals surface area contributed by atoms with Crippen LogP contribution in [-0.4, -0.2) is 23.5 Å². The van der Waals surface area contributed by atoms with Gasteiger partial charge in [0.05, 0.1) is 23.1 Å². The molecule has 1 aromatic heterocycles. The summed E-state index contributed by atoms with van der Waals surface area (Å²) in [5, 5.41) is 4.14. The number of para-hydroxylation sites is 1. The maximum Gasteiger partial charge on any atom is 0.247 e. The quantitative estimate of drug-likeness (QED) is 0.784. The largest absolute Gasteiger partial charge is 0.357 e. The minimum atomic E-state index is -0.00736. The molecule has 2 aliphatic heterocycles. The van der Waals surface area contributed by atoms with Crippen molar-refractivity contribution in [2.45, 2.75) is 25.3 Å². The van der Waals surface area contributed by atoms with E-state index in [1.165, 1.54) is 0 Å². The highest BCUT2D eigenvalue weighted by Crippen LogP contribution is 2.40. The van der Waals surface area contributed by atoms with Crippen molar-refractivity contribution in [2.75, 3.05) is 16.8 Å². The number of pyridine rings is 1. The number of carbonyl (C=O) groups excluding carboxylic acids is 1. The molecule has 2 aliphatic rings. The van der Waals surface area contributed by atoms with Gasteiger partial charge in [-0.05, 0) is 25.3 Å². The number of carbonyl (C=O) groups is 1. The Kier molecular flexibility index (Phi) is 2.24. The molecule has 1 amide bonds. The van der Waals surface area contributed by atoms with E-state index in [4.69, 9.17) is 0 Å². The second kappa shape index (κ2) is 3.95. The summed E-state index contributed by atoms with van der Waals surface area (Å²) in [4.78, 5) is 18.8. The molecule has 1 aromatic carbocycles. The van der Waals surface area contributed by atoms with E-state index in [1.54, 1.807) is 6.20 Å². The minimum absolute atomic E-state index is 0.00736. The molecule has 2 aromatic rings. The van der Waals surface area contributed by atoms with Crippen LogP contribution in [0.25, 0.3) is 10.9 Å². The highest BCUT2D eigenvalue weighted by atomic mass is 16.2. The lowest BCUT2D eigenvalue weighted by atomic mass is 9.96. The van der Waals surface area contributed by atoms with Crippen molar-refractivity contribution in [1.29, 1.82) is 0 Å². The Hall–Kier alpha value is -2.10. The van der Waals surface area contributed by atoms with Crippen molar-refractivity contribution in [1.82, 2.24) is 4.98 Å². The summed E-state index contributed by atoms with van der Waals surface area (Å²) in [5.74, 6) is 0.115. The Morgan fingerprint density at radius 1 is 1.26 bits per heavy atom. The molecule has 3 heterocycles. The van der Waals surface area contributed by atoms with Gasteiger partial charge in [-0.15, -0.1) is 0 Å². The summed E-state index contributed by atoms with van der Waals surface area (Å²) >= 11 is 0. The third kappa shape index (κ3) is 1.52. The molecular weight excluding hydrogens is 238 g/mol.